The number of hydrogen-bond donors (Lipinski definition) is 3. The van der Waals surface area contributed by atoms with E-state index in [1.165, 1.54) is 0 Å². The first-order valence-corrected chi connectivity index (χ1v) is 16.3. The fourth-order valence-corrected chi connectivity index (χ4v) is 5.60. The lowest BCUT2D eigenvalue weighted by Gasteiger charge is -2.26. The fraction of sp³-hybridized carbons (Fsp3) is 0.529. The summed E-state index contributed by atoms with van der Waals surface area (Å²) in [6.45, 7) is 8.33. The van der Waals surface area contributed by atoms with Gasteiger partial charge in [-0.3, -0.25) is 24.3 Å². The van der Waals surface area contributed by atoms with E-state index in [0.29, 0.717) is 68.5 Å². The molecule has 4 rings (SSSR count). The Hall–Kier alpha value is -4.52. The van der Waals surface area contributed by atoms with Crippen molar-refractivity contribution >= 4 is 17.7 Å². The van der Waals surface area contributed by atoms with Gasteiger partial charge in [0, 0.05) is 44.9 Å². The van der Waals surface area contributed by atoms with Gasteiger partial charge in [0.05, 0.1) is 20.3 Å². The van der Waals surface area contributed by atoms with Crippen molar-refractivity contribution in [3.8, 4) is 11.5 Å². The monoisotopic (exact) mass is 648 g/mol. The molecule has 13 heteroatoms. The van der Waals surface area contributed by atoms with Crippen LogP contribution in [0.15, 0.2) is 42.7 Å². The summed E-state index contributed by atoms with van der Waals surface area (Å²) in [7, 11) is 3.16. The normalized spacial score (nSPS) is 19.7. The highest BCUT2D eigenvalue weighted by atomic mass is 16.5. The van der Waals surface area contributed by atoms with Crippen LogP contribution in [0.5, 0.6) is 11.5 Å². The molecule has 0 spiro atoms. The summed E-state index contributed by atoms with van der Waals surface area (Å²) in [4.78, 5) is 51.0. The van der Waals surface area contributed by atoms with E-state index in [9.17, 15) is 14.4 Å². The van der Waals surface area contributed by atoms with Gasteiger partial charge in [-0.15, -0.1) is 0 Å². The minimum absolute atomic E-state index is 0.0548. The smallest absolute Gasteiger partial charge is 0.243 e. The predicted molar refractivity (Wildman–Crippen MR) is 177 cm³/mol. The number of carbonyl (C=O) groups excluding carboxylic acids is 3. The molecule has 0 bridgehead atoms. The summed E-state index contributed by atoms with van der Waals surface area (Å²) >= 11 is 0. The second-order valence-electron chi connectivity index (χ2n) is 12.0. The van der Waals surface area contributed by atoms with Crippen LogP contribution in [0.25, 0.3) is 0 Å². The average molecular weight is 649 g/mol. The van der Waals surface area contributed by atoms with Crippen molar-refractivity contribution in [3.05, 3.63) is 65.5 Å². The average Bonchev–Trinajstić information content (AvgIpc) is 3.46. The van der Waals surface area contributed by atoms with Crippen LogP contribution in [0, 0.1) is 5.92 Å². The van der Waals surface area contributed by atoms with Crippen molar-refractivity contribution in [3.63, 3.8) is 0 Å². The molecule has 13 nitrogen and oxygen atoms in total. The summed E-state index contributed by atoms with van der Waals surface area (Å²) < 4.78 is 12.4. The van der Waals surface area contributed by atoms with E-state index in [4.69, 9.17) is 14.5 Å². The zero-order valence-corrected chi connectivity index (χ0v) is 28.1. The molecule has 1 aliphatic rings. The molecule has 0 radical (unpaired) electrons. The van der Waals surface area contributed by atoms with E-state index < -0.39 is 12.1 Å². The number of benzene rings is 1. The van der Waals surface area contributed by atoms with Gasteiger partial charge in [-0.2, -0.15) is 5.10 Å². The van der Waals surface area contributed by atoms with Crippen molar-refractivity contribution < 1.29 is 23.9 Å². The molecular weight excluding hydrogens is 600 g/mol. The number of methoxy groups -OCH3 is 2. The first kappa shape index (κ1) is 35.3. The molecule has 3 aromatic rings. The SMILES string of the molecule is CC[C@H](C)[C@@H]1NC(=O)CCCN(Cc2ccncc2)CCCNC(=O)Cn2nc(Cc3ccc(OC)c(OC)c3)nc2[C@@H](C)NC1=O. The van der Waals surface area contributed by atoms with Crippen molar-refractivity contribution in [1.82, 2.24) is 40.6 Å². The molecule has 1 aromatic carbocycles. The van der Waals surface area contributed by atoms with Gasteiger partial charge in [0.2, 0.25) is 17.7 Å². The maximum atomic E-state index is 13.6. The van der Waals surface area contributed by atoms with Gasteiger partial charge in [0.25, 0.3) is 0 Å². The molecule has 1 aliphatic heterocycles. The maximum absolute atomic E-state index is 13.6. The Kier molecular flexibility index (Phi) is 13.1. The zero-order valence-electron chi connectivity index (χ0n) is 28.1. The van der Waals surface area contributed by atoms with E-state index in [2.05, 4.69) is 30.9 Å². The van der Waals surface area contributed by atoms with Gasteiger partial charge in [-0.1, -0.05) is 26.3 Å². The number of fused-ring (bicyclic) bond motifs is 1. The van der Waals surface area contributed by atoms with Crippen molar-refractivity contribution in [2.45, 2.75) is 78.0 Å². The van der Waals surface area contributed by atoms with Crippen LogP contribution in [-0.2, 0) is 33.9 Å². The van der Waals surface area contributed by atoms with Crippen LogP contribution in [0.3, 0.4) is 0 Å². The van der Waals surface area contributed by atoms with E-state index in [1.54, 1.807) is 31.3 Å². The summed E-state index contributed by atoms with van der Waals surface area (Å²) in [5.41, 5.74) is 2.02. The van der Waals surface area contributed by atoms with Gasteiger partial charge < -0.3 is 25.4 Å². The topological polar surface area (TPSA) is 153 Å². The Balaban J connectivity index is 1.58. The van der Waals surface area contributed by atoms with Gasteiger partial charge in [-0.05, 0) is 67.6 Å². The van der Waals surface area contributed by atoms with E-state index in [1.807, 2.05) is 51.1 Å². The molecule has 47 heavy (non-hydrogen) atoms. The standard InChI is InChI=1S/C34H48N8O5/c1-6-23(2)32-34(45)37-24(3)33-38-29(20-26-10-11-27(46-4)28(19-26)47-5)40-42(33)22-31(44)36-14-8-18-41(17-7-9-30(43)39-32)21-25-12-15-35-16-13-25/h10-13,15-16,19,23-24,32H,6-9,14,17-18,20-22H2,1-5H3,(H,36,44)(H,37,45)(H,39,43)/t23-,24+,32-/m0/s1. The number of ether oxygens (including phenoxy) is 2. The Morgan fingerprint density at radius 3 is 2.43 bits per heavy atom. The van der Waals surface area contributed by atoms with Crippen LogP contribution in [-0.4, -0.2) is 82.3 Å². The van der Waals surface area contributed by atoms with Crippen molar-refractivity contribution in [2.24, 2.45) is 5.92 Å². The number of nitrogens with zero attached hydrogens (tertiary/aromatic N) is 5. The highest BCUT2D eigenvalue weighted by Gasteiger charge is 2.29. The number of amides is 3. The molecule has 0 saturated heterocycles. The molecule has 2 aromatic heterocycles. The van der Waals surface area contributed by atoms with Gasteiger partial charge in [-0.25, -0.2) is 9.67 Å². The molecule has 3 N–H and O–H groups in total. The lowest BCUT2D eigenvalue weighted by molar-refractivity contribution is -0.130. The highest BCUT2D eigenvalue weighted by Crippen LogP contribution is 2.28. The summed E-state index contributed by atoms with van der Waals surface area (Å²) in [6.07, 6.45) is 6.29. The molecule has 254 valence electrons. The third kappa shape index (κ3) is 10.2. The van der Waals surface area contributed by atoms with Crippen LogP contribution >= 0.6 is 0 Å². The molecule has 0 aliphatic carbocycles. The number of rotatable bonds is 8. The number of pyridine rings is 1. The fourth-order valence-electron chi connectivity index (χ4n) is 5.60. The number of nitrogens with one attached hydrogen (secondary N) is 3. The maximum Gasteiger partial charge on any atom is 0.243 e. The Morgan fingerprint density at radius 1 is 0.957 bits per heavy atom. The van der Waals surface area contributed by atoms with Gasteiger partial charge in [0.1, 0.15) is 18.4 Å². The third-order valence-electron chi connectivity index (χ3n) is 8.41. The molecular formula is C34H48N8O5. The Labute approximate surface area is 276 Å². The van der Waals surface area contributed by atoms with Crippen LogP contribution in [0.1, 0.15) is 75.3 Å². The van der Waals surface area contributed by atoms with Crippen LogP contribution in [0.4, 0.5) is 0 Å². The van der Waals surface area contributed by atoms with Crippen molar-refractivity contribution in [1.29, 1.82) is 0 Å². The summed E-state index contributed by atoms with van der Waals surface area (Å²) in [5, 5.41) is 13.7. The Morgan fingerprint density at radius 2 is 1.70 bits per heavy atom. The van der Waals surface area contributed by atoms with Gasteiger partial charge >= 0.3 is 0 Å². The molecule has 3 atom stereocenters. The second kappa shape index (κ2) is 17.4. The quantitative estimate of drug-likeness (QED) is 0.335. The second-order valence-corrected chi connectivity index (χ2v) is 12.0. The van der Waals surface area contributed by atoms with E-state index >= 15 is 0 Å². The molecule has 0 saturated carbocycles. The van der Waals surface area contributed by atoms with E-state index in [-0.39, 0.29) is 30.2 Å². The predicted octanol–water partition coefficient (Wildman–Crippen LogP) is 2.79. The number of aromatic nitrogens is 4. The zero-order chi connectivity index (χ0) is 33.8. The van der Waals surface area contributed by atoms with Crippen molar-refractivity contribution in [2.75, 3.05) is 33.9 Å². The first-order chi connectivity index (χ1) is 22.7. The minimum atomic E-state index is -0.715. The minimum Gasteiger partial charge on any atom is -0.493 e. The Bertz CT molecular complexity index is 1480. The summed E-state index contributed by atoms with van der Waals surface area (Å²) in [5.74, 6) is 1.39. The lowest BCUT2D eigenvalue weighted by Crippen LogP contribution is -2.51. The summed E-state index contributed by atoms with van der Waals surface area (Å²) in [6, 6.07) is 8.25. The molecule has 3 heterocycles. The van der Waals surface area contributed by atoms with Gasteiger partial charge in [0.15, 0.2) is 17.3 Å². The highest BCUT2D eigenvalue weighted by molar-refractivity contribution is 5.88. The number of hydrogen-bond acceptors (Lipinski definition) is 9. The first-order valence-electron chi connectivity index (χ1n) is 16.3. The molecule has 0 unspecified atom stereocenters. The molecule has 3 amide bonds. The largest absolute Gasteiger partial charge is 0.493 e. The third-order valence-corrected chi connectivity index (χ3v) is 8.41. The van der Waals surface area contributed by atoms with Crippen LogP contribution in [0.2, 0.25) is 0 Å². The van der Waals surface area contributed by atoms with Crippen LogP contribution < -0.4 is 25.4 Å². The lowest BCUT2D eigenvalue weighted by atomic mass is 9.97. The molecule has 0 fully saturated rings. The van der Waals surface area contributed by atoms with E-state index in [0.717, 1.165) is 24.1 Å². The number of carbonyl (C=O) groups is 3.